The lowest BCUT2D eigenvalue weighted by Crippen LogP contribution is -2.18. The van der Waals surface area contributed by atoms with E-state index in [1.165, 1.54) is 12.8 Å². The highest BCUT2D eigenvalue weighted by molar-refractivity contribution is 5.90. The van der Waals surface area contributed by atoms with Crippen LogP contribution in [-0.2, 0) is 11.3 Å². The summed E-state index contributed by atoms with van der Waals surface area (Å²) < 4.78 is 12.6. The van der Waals surface area contributed by atoms with Gasteiger partial charge in [-0.25, -0.2) is 4.68 Å². The van der Waals surface area contributed by atoms with Crippen LogP contribution in [0.1, 0.15) is 37.7 Å². The zero-order valence-corrected chi connectivity index (χ0v) is 14.8. The van der Waals surface area contributed by atoms with Gasteiger partial charge in [0.15, 0.2) is 11.5 Å². The second kappa shape index (κ2) is 8.05. The van der Waals surface area contributed by atoms with Crippen molar-refractivity contribution in [3.63, 3.8) is 0 Å². The van der Waals surface area contributed by atoms with E-state index in [-0.39, 0.29) is 5.91 Å². The normalized spacial score (nSPS) is 14.5. The number of nitrogens with zero attached hydrogens (tertiary/aromatic N) is 2. The van der Waals surface area contributed by atoms with E-state index in [2.05, 4.69) is 10.4 Å². The lowest BCUT2D eigenvalue weighted by molar-refractivity contribution is -0.117. The number of nitrogens with one attached hydrogen (secondary N) is 1. The van der Waals surface area contributed by atoms with Gasteiger partial charge in [-0.15, -0.1) is 0 Å². The van der Waals surface area contributed by atoms with E-state index in [1.807, 2.05) is 24.3 Å². The number of amides is 1. The Labute approximate surface area is 148 Å². The van der Waals surface area contributed by atoms with Crippen molar-refractivity contribution in [1.29, 1.82) is 0 Å². The van der Waals surface area contributed by atoms with Gasteiger partial charge in [0.1, 0.15) is 5.82 Å². The van der Waals surface area contributed by atoms with Crippen LogP contribution in [-0.4, -0.2) is 29.9 Å². The fourth-order valence-electron chi connectivity index (χ4n) is 3.47. The lowest BCUT2D eigenvalue weighted by Gasteiger charge is -2.15. The minimum atomic E-state index is 0.0613. The number of para-hydroxylation sites is 1. The number of anilines is 1. The predicted octanol–water partition coefficient (Wildman–Crippen LogP) is 3.47. The maximum Gasteiger partial charge on any atom is 0.225 e. The van der Waals surface area contributed by atoms with Crippen molar-refractivity contribution in [3.8, 4) is 11.5 Å². The molecule has 1 saturated carbocycles. The molecule has 1 fully saturated rings. The molecule has 0 aliphatic heterocycles. The van der Waals surface area contributed by atoms with E-state index in [4.69, 9.17) is 9.47 Å². The second-order valence-electron chi connectivity index (χ2n) is 6.43. The van der Waals surface area contributed by atoms with Crippen LogP contribution in [0.4, 0.5) is 5.82 Å². The Bertz CT molecular complexity index is 720. The molecule has 6 nitrogen and oxygen atoms in total. The summed E-state index contributed by atoms with van der Waals surface area (Å²) in [6.07, 6.45) is 7.09. The highest BCUT2D eigenvalue weighted by Crippen LogP contribution is 2.32. The van der Waals surface area contributed by atoms with Crippen LogP contribution >= 0.6 is 0 Å². The molecule has 0 atom stereocenters. The van der Waals surface area contributed by atoms with Crippen molar-refractivity contribution in [2.45, 2.75) is 38.6 Å². The van der Waals surface area contributed by atoms with Gasteiger partial charge in [-0.1, -0.05) is 25.0 Å². The zero-order chi connectivity index (χ0) is 17.6. The Hall–Kier alpha value is -2.50. The van der Waals surface area contributed by atoms with E-state index in [0.717, 1.165) is 18.4 Å². The first-order valence-electron chi connectivity index (χ1n) is 8.72. The van der Waals surface area contributed by atoms with Gasteiger partial charge in [0.25, 0.3) is 0 Å². The monoisotopic (exact) mass is 343 g/mol. The van der Waals surface area contributed by atoms with Gasteiger partial charge in [0.05, 0.1) is 27.0 Å². The van der Waals surface area contributed by atoms with E-state index in [1.54, 1.807) is 25.1 Å². The molecule has 134 valence electrons. The number of hydrogen-bond acceptors (Lipinski definition) is 4. The largest absolute Gasteiger partial charge is 0.493 e. The minimum Gasteiger partial charge on any atom is -0.493 e. The number of ether oxygens (including phenoxy) is 2. The predicted molar refractivity (Wildman–Crippen MR) is 96.1 cm³/mol. The summed E-state index contributed by atoms with van der Waals surface area (Å²) in [6, 6.07) is 7.56. The smallest absolute Gasteiger partial charge is 0.225 e. The molecule has 0 saturated heterocycles. The molecule has 1 heterocycles. The fraction of sp³-hybridized carbons (Fsp3) is 0.474. The van der Waals surface area contributed by atoms with Crippen LogP contribution in [0.5, 0.6) is 11.5 Å². The lowest BCUT2D eigenvalue weighted by atomic mass is 10.0. The van der Waals surface area contributed by atoms with E-state index >= 15 is 0 Å². The SMILES string of the molecule is COc1cccc(Cn2nccc2NC(=O)CC2CCCC2)c1OC. The van der Waals surface area contributed by atoms with Gasteiger partial charge >= 0.3 is 0 Å². The topological polar surface area (TPSA) is 65.4 Å². The number of carbonyl (C=O) groups is 1. The van der Waals surface area contributed by atoms with Crippen molar-refractivity contribution in [3.05, 3.63) is 36.0 Å². The molecule has 1 aliphatic rings. The Balaban J connectivity index is 1.70. The average Bonchev–Trinajstić information content (AvgIpc) is 3.27. The quantitative estimate of drug-likeness (QED) is 0.836. The Morgan fingerprint density at radius 3 is 2.76 bits per heavy atom. The minimum absolute atomic E-state index is 0.0613. The zero-order valence-electron chi connectivity index (χ0n) is 14.8. The number of aromatic nitrogens is 2. The molecule has 6 heteroatoms. The molecule has 2 aromatic rings. The van der Waals surface area contributed by atoms with Gasteiger partial charge in [0, 0.05) is 18.1 Å². The molecule has 0 radical (unpaired) electrons. The highest BCUT2D eigenvalue weighted by Gasteiger charge is 2.19. The molecule has 1 aliphatic carbocycles. The first-order chi connectivity index (χ1) is 12.2. The first-order valence-corrected chi connectivity index (χ1v) is 8.72. The maximum absolute atomic E-state index is 12.3. The summed E-state index contributed by atoms with van der Waals surface area (Å²) in [5.41, 5.74) is 0.942. The summed E-state index contributed by atoms with van der Waals surface area (Å²) >= 11 is 0. The van der Waals surface area contributed by atoms with Gasteiger partial charge < -0.3 is 14.8 Å². The summed E-state index contributed by atoms with van der Waals surface area (Å²) in [5, 5.41) is 7.33. The molecule has 25 heavy (non-hydrogen) atoms. The molecule has 1 N–H and O–H groups in total. The highest BCUT2D eigenvalue weighted by atomic mass is 16.5. The van der Waals surface area contributed by atoms with Gasteiger partial charge in [-0.2, -0.15) is 5.10 Å². The Morgan fingerprint density at radius 1 is 1.24 bits per heavy atom. The number of hydrogen-bond donors (Lipinski definition) is 1. The van der Waals surface area contributed by atoms with Crippen molar-refractivity contribution >= 4 is 11.7 Å². The number of benzene rings is 1. The average molecular weight is 343 g/mol. The van der Waals surface area contributed by atoms with Crippen molar-refractivity contribution in [2.24, 2.45) is 5.92 Å². The molecule has 0 spiro atoms. The third kappa shape index (κ3) is 4.13. The van der Waals surface area contributed by atoms with Crippen molar-refractivity contribution in [2.75, 3.05) is 19.5 Å². The number of carbonyl (C=O) groups excluding carboxylic acids is 1. The molecule has 1 amide bonds. The summed E-state index contributed by atoms with van der Waals surface area (Å²) in [7, 11) is 3.24. The molecule has 1 aromatic carbocycles. The second-order valence-corrected chi connectivity index (χ2v) is 6.43. The molecule has 1 aromatic heterocycles. The molecule has 0 unspecified atom stereocenters. The fourth-order valence-corrected chi connectivity index (χ4v) is 3.47. The first kappa shape index (κ1) is 17.3. The Kier molecular flexibility index (Phi) is 5.58. The standard InChI is InChI=1S/C19H25N3O3/c1-24-16-9-5-8-15(19(16)25-2)13-22-17(10-11-20-22)21-18(23)12-14-6-3-4-7-14/h5,8-11,14H,3-4,6-7,12-13H2,1-2H3,(H,21,23). The van der Waals surface area contributed by atoms with Crippen molar-refractivity contribution in [1.82, 2.24) is 9.78 Å². The maximum atomic E-state index is 12.3. The van der Waals surface area contributed by atoms with Crippen LogP contribution in [0, 0.1) is 5.92 Å². The van der Waals surface area contributed by atoms with E-state index in [9.17, 15) is 4.79 Å². The molecule has 0 bridgehead atoms. The van der Waals surface area contributed by atoms with Gasteiger partial charge in [-0.3, -0.25) is 4.79 Å². The molecular formula is C19H25N3O3. The number of methoxy groups -OCH3 is 2. The summed E-state index contributed by atoms with van der Waals surface area (Å²) in [5.74, 6) is 2.65. The third-order valence-electron chi connectivity index (χ3n) is 4.74. The van der Waals surface area contributed by atoms with Crippen LogP contribution in [0.15, 0.2) is 30.5 Å². The van der Waals surface area contributed by atoms with Crippen LogP contribution < -0.4 is 14.8 Å². The summed E-state index contributed by atoms with van der Waals surface area (Å²) in [6.45, 7) is 0.492. The van der Waals surface area contributed by atoms with E-state index < -0.39 is 0 Å². The van der Waals surface area contributed by atoms with Crippen LogP contribution in [0.3, 0.4) is 0 Å². The van der Waals surface area contributed by atoms with Crippen LogP contribution in [0.25, 0.3) is 0 Å². The number of rotatable bonds is 7. The van der Waals surface area contributed by atoms with Crippen molar-refractivity contribution < 1.29 is 14.3 Å². The summed E-state index contributed by atoms with van der Waals surface area (Å²) in [4.78, 5) is 12.3. The van der Waals surface area contributed by atoms with Crippen LogP contribution in [0.2, 0.25) is 0 Å². The van der Waals surface area contributed by atoms with E-state index in [0.29, 0.717) is 36.2 Å². The van der Waals surface area contributed by atoms with Gasteiger partial charge in [0.2, 0.25) is 5.91 Å². The van der Waals surface area contributed by atoms with Gasteiger partial charge in [-0.05, 0) is 24.8 Å². The third-order valence-corrected chi connectivity index (χ3v) is 4.74. The molecule has 3 rings (SSSR count). The Morgan fingerprint density at radius 2 is 2.04 bits per heavy atom. The molecular weight excluding hydrogens is 318 g/mol.